The smallest absolute Gasteiger partial charge is 0.100 e. The van der Waals surface area contributed by atoms with Crippen LogP contribution in [0.25, 0.3) is 0 Å². The van der Waals surface area contributed by atoms with Gasteiger partial charge in [-0.2, -0.15) is 0 Å². The largest absolute Gasteiger partial charge is 0.343 e. The van der Waals surface area contributed by atoms with E-state index in [1.165, 1.54) is 37.9 Å². The standard InChI is InChI=1S/C15H29N3/c1-3-4-5-6-7-8-9-10-11-15-17-12-13-18(15)14(2)16/h4-5,14H,3,6-13,16H2,1-2H3/b5-4+. The molecule has 0 radical (unpaired) electrons. The zero-order valence-electron chi connectivity index (χ0n) is 12.1. The first-order chi connectivity index (χ1) is 8.75. The van der Waals surface area contributed by atoms with Gasteiger partial charge in [-0.25, -0.2) is 0 Å². The zero-order valence-corrected chi connectivity index (χ0v) is 12.1. The van der Waals surface area contributed by atoms with E-state index in [1.807, 2.05) is 6.92 Å². The summed E-state index contributed by atoms with van der Waals surface area (Å²) in [5.74, 6) is 1.23. The molecule has 1 unspecified atom stereocenters. The lowest BCUT2D eigenvalue weighted by Gasteiger charge is -2.24. The summed E-state index contributed by atoms with van der Waals surface area (Å²) in [6, 6.07) is 0. The lowest BCUT2D eigenvalue weighted by molar-refractivity contribution is 0.359. The van der Waals surface area contributed by atoms with E-state index in [1.54, 1.807) is 0 Å². The summed E-state index contributed by atoms with van der Waals surface area (Å²) in [7, 11) is 0. The first-order valence-electron chi connectivity index (χ1n) is 7.46. The van der Waals surface area contributed by atoms with Gasteiger partial charge in [-0.15, -0.1) is 0 Å². The summed E-state index contributed by atoms with van der Waals surface area (Å²) in [6.07, 6.45) is 13.4. The summed E-state index contributed by atoms with van der Waals surface area (Å²) in [6.45, 7) is 6.16. The highest BCUT2D eigenvalue weighted by Gasteiger charge is 2.18. The summed E-state index contributed by atoms with van der Waals surface area (Å²) >= 11 is 0. The van der Waals surface area contributed by atoms with Gasteiger partial charge in [-0.05, 0) is 32.6 Å². The van der Waals surface area contributed by atoms with Crippen LogP contribution in [0.5, 0.6) is 0 Å². The molecule has 1 heterocycles. The molecule has 0 aromatic rings. The summed E-state index contributed by atoms with van der Waals surface area (Å²) in [4.78, 5) is 6.79. The minimum atomic E-state index is 0.116. The third-order valence-corrected chi connectivity index (χ3v) is 3.38. The molecule has 1 rings (SSSR count). The highest BCUT2D eigenvalue weighted by Crippen LogP contribution is 2.12. The van der Waals surface area contributed by atoms with Crippen LogP contribution in [-0.2, 0) is 0 Å². The molecule has 1 aliphatic heterocycles. The van der Waals surface area contributed by atoms with E-state index in [0.29, 0.717) is 0 Å². The number of amidine groups is 1. The summed E-state index contributed by atoms with van der Waals surface area (Å²) < 4.78 is 0. The molecule has 1 aliphatic rings. The SMILES string of the molecule is CC/C=C/CCCCCCC1=NCCN1C(C)N. The predicted octanol–water partition coefficient (Wildman–Crippen LogP) is 3.31. The Bertz CT molecular complexity index is 269. The number of rotatable bonds is 9. The molecule has 0 aromatic heterocycles. The van der Waals surface area contributed by atoms with Gasteiger partial charge in [-0.3, -0.25) is 4.99 Å². The van der Waals surface area contributed by atoms with E-state index in [4.69, 9.17) is 5.73 Å². The first kappa shape index (κ1) is 15.2. The maximum Gasteiger partial charge on any atom is 0.100 e. The van der Waals surface area contributed by atoms with Crippen molar-refractivity contribution in [2.75, 3.05) is 13.1 Å². The fourth-order valence-corrected chi connectivity index (χ4v) is 2.35. The molecule has 18 heavy (non-hydrogen) atoms. The molecular weight excluding hydrogens is 222 g/mol. The number of nitrogens with zero attached hydrogens (tertiary/aromatic N) is 2. The van der Waals surface area contributed by atoms with Crippen molar-refractivity contribution in [3.05, 3.63) is 12.2 Å². The Balaban J connectivity index is 2.02. The van der Waals surface area contributed by atoms with Gasteiger partial charge in [0.2, 0.25) is 0 Å². The molecule has 1 atom stereocenters. The average molecular weight is 251 g/mol. The predicted molar refractivity (Wildman–Crippen MR) is 79.8 cm³/mol. The van der Waals surface area contributed by atoms with Crippen LogP contribution in [0.4, 0.5) is 0 Å². The van der Waals surface area contributed by atoms with E-state index in [-0.39, 0.29) is 6.17 Å². The minimum Gasteiger partial charge on any atom is -0.343 e. The van der Waals surface area contributed by atoms with Gasteiger partial charge in [0.05, 0.1) is 12.7 Å². The Kier molecular flexibility index (Phi) is 7.74. The quantitative estimate of drug-likeness (QED) is 0.504. The lowest BCUT2D eigenvalue weighted by atomic mass is 10.1. The molecule has 0 bridgehead atoms. The van der Waals surface area contributed by atoms with Crippen molar-refractivity contribution in [2.24, 2.45) is 10.7 Å². The number of hydrogen-bond donors (Lipinski definition) is 1. The van der Waals surface area contributed by atoms with Crippen LogP contribution in [-0.4, -0.2) is 30.0 Å². The van der Waals surface area contributed by atoms with Crippen LogP contribution in [0, 0.1) is 0 Å². The third-order valence-electron chi connectivity index (χ3n) is 3.38. The van der Waals surface area contributed by atoms with Gasteiger partial charge in [0.25, 0.3) is 0 Å². The third kappa shape index (κ3) is 5.67. The van der Waals surface area contributed by atoms with Gasteiger partial charge >= 0.3 is 0 Å². The second-order valence-electron chi connectivity index (χ2n) is 5.06. The van der Waals surface area contributed by atoms with Crippen molar-refractivity contribution >= 4 is 5.84 Å². The average Bonchev–Trinajstić information content (AvgIpc) is 2.81. The first-order valence-corrected chi connectivity index (χ1v) is 7.46. The highest BCUT2D eigenvalue weighted by atomic mass is 15.3. The molecule has 104 valence electrons. The molecule has 0 spiro atoms. The van der Waals surface area contributed by atoms with Crippen molar-refractivity contribution in [2.45, 2.75) is 65.0 Å². The van der Waals surface area contributed by atoms with Crippen LogP contribution >= 0.6 is 0 Å². The van der Waals surface area contributed by atoms with E-state index in [9.17, 15) is 0 Å². The highest BCUT2D eigenvalue weighted by molar-refractivity contribution is 5.83. The Labute approximate surface area is 112 Å². The van der Waals surface area contributed by atoms with Crippen molar-refractivity contribution in [1.82, 2.24) is 4.90 Å². The monoisotopic (exact) mass is 251 g/mol. The van der Waals surface area contributed by atoms with Gasteiger partial charge in [0.15, 0.2) is 0 Å². The lowest BCUT2D eigenvalue weighted by Crippen LogP contribution is -2.41. The van der Waals surface area contributed by atoms with Gasteiger partial charge in [-0.1, -0.05) is 31.9 Å². The maximum atomic E-state index is 5.92. The molecule has 0 aliphatic carbocycles. The Morgan fingerprint density at radius 2 is 2.06 bits per heavy atom. The molecule has 2 N–H and O–H groups in total. The molecule has 0 saturated carbocycles. The number of nitrogens with two attached hydrogens (primary N) is 1. The molecule has 0 aromatic carbocycles. The molecule has 0 amide bonds. The molecule has 3 nitrogen and oxygen atoms in total. The van der Waals surface area contributed by atoms with Crippen molar-refractivity contribution in [1.29, 1.82) is 0 Å². The fourth-order valence-electron chi connectivity index (χ4n) is 2.35. The maximum absolute atomic E-state index is 5.92. The number of allylic oxidation sites excluding steroid dienone is 2. The van der Waals surface area contributed by atoms with Crippen LogP contribution in [0.15, 0.2) is 17.1 Å². The van der Waals surface area contributed by atoms with Crippen molar-refractivity contribution in [3.63, 3.8) is 0 Å². The fraction of sp³-hybridized carbons (Fsp3) is 0.800. The molecule has 3 heteroatoms. The number of aliphatic imine (C=N–C) groups is 1. The second kappa shape index (κ2) is 9.15. The molecule has 0 saturated heterocycles. The topological polar surface area (TPSA) is 41.6 Å². The molecular formula is C15H29N3. The van der Waals surface area contributed by atoms with E-state index in [0.717, 1.165) is 25.9 Å². The Morgan fingerprint density at radius 3 is 2.78 bits per heavy atom. The molecule has 0 fully saturated rings. The number of hydrogen-bond acceptors (Lipinski definition) is 3. The van der Waals surface area contributed by atoms with Crippen LogP contribution in [0.2, 0.25) is 0 Å². The Morgan fingerprint density at radius 1 is 1.28 bits per heavy atom. The second-order valence-corrected chi connectivity index (χ2v) is 5.06. The zero-order chi connectivity index (χ0) is 13.2. The van der Waals surface area contributed by atoms with E-state index in [2.05, 4.69) is 29.0 Å². The van der Waals surface area contributed by atoms with Crippen LogP contribution < -0.4 is 5.73 Å². The number of unbranched alkanes of at least 4 members (excludes halogenated alkanes) is 4. The van der Waals surface area contributed by atoms with Crippen molar-refractivity contribution in [3.8, 4) is 0 Å². The summed E-state index contributed by atoms with van der Waals surface area (Å²) in [5.41, 5.74) is 5.92. The minimum absolute atomic E-state index is 0.116. The van der Waals surface area contributed by atoms with Gasteiger partial charge in [0, 0.05) is 13.0 Å². The normalized spacial score (nSPS) is 17.5. The van der Waals surface area contributed by atoms with E-state index < -0.39 is 0 Å². The van der Waals surface area contributed by atoms with E-state index >= 15 is 0 Å². The van der Waals surface area contributed by atoms with Crippen LogP contribution in [0.3, 0.4) is 0 Å². The Hall–Kier alpha value is -0.830. The van der Waals surface area contributed by atoms with Gasteiger partial charge in [0.1, 0.15) is 5.84 Å². The van der Waals surface area contributed by atoms with Gasteiger partial charge < -0.3 is 10.6 Å². The van der Waals surface area contributed by atoms with Crippen LogP contribution in [0.1, 0.15) is 58.8 Å². The summed E-state index contributed by atoms with van der Waals surface area (Å²) in [5, 5.41) is 0. The van der Waals surface area contributed by atoms with Crippen molar-refractivity contribution < 1.29 is 0 Å².